The highest BCUT2D eigenvalue weighted by Crippen LogP contribution is 2.23. The minimum atomic E-state index is 0.0376. The van der Waals surface area contributed by atoms with E-state index in [1.54, 1.807) is 16.3 Å². The number of hydrogen-bond donors (Lipinski definition) is 0. The molecular weight excluding hydrogens is 214 g/mol. The van der Waals surface area contributed by atoms with Crippen LogP contribution < -0.4 is 5.56 Å². The lowest BCUT2D eigenvalue weighted by Crippen LogP contribution is -2.22. The number of hydrogen-bond acceptors (Lipinski definition) is 2. The Bertz CT molecular complexity index is 635. The van der Waals surface area contributed by atoms with Crippen LogP contribution in [0.25, 0.3) is 11.4 Å². The van der Waals surface area contributed by atoms with Crippen molar-refractivity contribution in [3.05, 3.63) is 39.3 Å². The maximum absolute atomic E-state index is 12.0. The van der Waals surface area contributed by atoms with Gasteiger partial charge in [-0.15, -0.1) is 0 Å². The minimum Gasteiger partial charge on any atom is -0.309 e. The Morgan fingerprint density at radius 2 is 1.71 bits per heavy atom. The maximum atomic E-state index is 12.0. The fourth-order valence-electron chi connectivity index (χ4n) is 2.27. The van der Waals surface area contributed by atoms with Gasteiger partial charge in [-0.1, -0.05) is 0 Å². The quantitative estimate of drug-likeness (QED) is 0.749. The predicted octanol–water partition coefficient (Wildman–Crippen LogP) is 1.71. The molecule has 0 aliphatic carbocycles. The fraction of sp³-hybridized carbons (Fsp3) is 0.385. The first-order valence-electron chi connectivity index (χ1n) is 5.59. The Kier molecular flexibility index (Phi) is 2.65. The van der Waals surface area contributed by atoms with Crippen molar-refractivity contribution in [1.29, 1.82) is 0 Å². The van der Waals surface area contributed by atoms with Crippen LogP contribution in [0.3, 0.4) is 0 Å². The van der Waals surface area contributed by atoms with E-state index in [9.17, 15) is 4.79 Å². The second kappa shape index (κ2) is 3.87. The zero-order valence-corrected chi connectivity index (χ0v) is 10.9. The van der Waals surface area contributed by atoms with Crippen LogP contribution in [0.1, 0.15) is 16.7 Å². The molecule has 0 spiro atoms. The van der Waals surface area contributed by atoms with Crippen molar-refractivity contribution >= 4 is 0 Å². The minimum absolute atomic E-state index is 0.0376. The van der Waals surface area contributed by atoms with Gasteiger partial charge in [0.05, 0.1) is 5.69 Å². The van der Waals surface area contributed by atoms with E-state index in [1.165, 1.54) is 0 Å². The molecule has 0 saturated carbocycles. The molecule has 90 valence electrons. The number of aromatic nitrogens is 3. The third-order valence-corrected chi connectivity index (χ3v) is 3.02. The van der Waals surface area contributed by atoms with Gasteiger partial charge < -0.3 is 4.57 Å². The van der Waals surface area contributed by atoms with E-state index in [4.69, 9.17) is 0 Å². The lowest BCUT2D eigenvalue weighted by atomic mass is 10.1. The third-order valence-electron chi connectivity index (χ3n) is 3.02. The Hall–Kier alpha value is -1.84. The normalized spacial score (nSPS) is 10.9. The zero-order valence-electron chi connectivity index (χ0n) is 10.9. The topological polar surface area (TPSA) is 39.8 Å². The summed E-state index contributed by atoms with van der Waals surface area (Å²) in [7, 11) is 3.68. The molecule has 4 nitrogen and oxygen atoms in total. The fourth-order valence-corrected chi connectivity index (χ4v) is 2.27. The summed E-state index contributed by atoms with van der Waals surface area (Å²) in [6.07, 6.45) is 1.96. The number of rotatable bonds is 1. The molecule has 0 unspecified atom stereocenters. The Morgan fingerprint density at radius 3 is 2.24 bits per heavy atom. The van der Waals surface area contributed by atoms with Crippen molar-refractivity contribution < 1.29 is 0 Å². The molecular formula is C13H17N3O. The highest BCUT2D eigenvalue weighted by molar-refractivity contribution is 5.62. The summed E-state index contributed by atoms with van der Waals surface area (Å²) in [6, 6.07) is 1.92. The van der Waals surface area contributed by atoms with Crippen LogP contribution >= 0.6 is 0 Å². The molecule has 4 heteroatoms. The average Bonchev–Trinajstić information content (AvgIpc) is 2.55. The SMILES string of the molecule is Cc1cn(C)nc1-c1c(C)cc(C)c(=O)n1C. The number of pyridine rings is 1. The molecule has 0 saturated heterocycles. The lowest BCUT2D eigenvalue weighted by Gasteiger charge is -2.11. The number of nitrogens with zero attached hydrogens (tertiary/aromatic N) is 3. The molecule has 2 rings (SSSR count). The third kappa shape index (κ3) is 1.79. The van der Waals surface area contributed by atoms with Crippen molar-refractivity contribution in [2.24, 2.45) is 14.1 Å². The van der Waals surface area contributed by atoms with Crippen LogP contribution in [0, 0.1) is 20.8 Å². The largest absolute Gasteiger partial charge is 0.309 e. The lowest BCUT2D eigenvalue weighted by molar-refractivity contribution is 0.762. The van der Waals surface area contributed by atoms with Gasteiger partial charge in [0, 0.05) is 25.9 Å². The molecule has 0 aromatic carbocycles. The van der Waals surface area contributed by atoms with Gasteiger partial charge in [-0.2, -0.15) is 5.10 Å². The summed E-state index contributed by atoms with van der Waals surface area (Å²) in [5, 5.41) is 4.43. The van der Waals surface area contributed by atoms with Crippen molar-refractivity contribution in [1.82, 2.24) is 14.3 Å². The van der Waals surface area contributed by atoms with E-state index in [-0.39, 0.29) is 5.56 Å². The van der Waals surface area contributed by atoms with E-state index in [1.807, 2.05) is 40.1 Å². The molecule has 0 fully saturated rings. The van der Waals surface area contributed by atoms with Crippen LogP contribution in [-0.4, -0.2) is 14.3 Å². The molecule has 0 atom stereocenters. The van der Waals surface area contributed by atoms with Crippen molar-refractivity contribution in [2.75, 3.05) is 0 Å². The van der Waals surface area contributed by atoms with Crippen LogP contribution in [-0.2, 0) is 14.1 Å². The monoisotopic (exact) mass is 231 g/mol. The molecule has 2 aromatic rings. The molecule has 2 aromatic heterocycles. The first kappa shape index (κ1) is 11.6. The molecule has 0 aliphatic rings. The Balaban J connectivity index is 2.81. The Labute approximate surface area is 101 Å². The van der Waals surface area contributed by atoms with E-state index in [0.717, 1.165) is 28.1 Å². The predicted molar refractivity (Wildman–Crippen MR) is 68.1 cm³/mol. The summed E-state index contributed by atoms with van der Waals surface area (Å²) in [5.41, 5.74) is 4.74. The summed E-state index contributed by atoms with van der Waals surface area (Å²) in [6.45, 7) is 5.85. The van der Waals surface area contributed by atoms with Crippen molar-refractivity contribution in [2.45, 2.75) is 20.8 Å². The highest BCUT2D eigenvalue weighted by Gasteiger charge is 2.14. The van der Waals surface area contributed by atoms with Crippen molar-refractivity contribution in [3.63, 3.8) is 0 Å². The van der Waals surface area contributed by atoms with Gasteiger partial charge in [0.2, 0.25) is 0 Å². The van der Waals surface area contributed by atoms with Crippen molar-refractivity contribution in [3.8, 4) is 11.4 Å². The van der Waals surface area contributed by atoms with Gasteiger partial charge in [0.15, 0.2) is 0 Å². The number of aryl methyl sites for hydroxylation is 4. The van der Waals surface area contributed by atoms with E-state index in [0.29, 0.717) is 0 Å². The molecule has 0 N–H and O–H groups in total. The first-order valence-corrected chi connectivity index (χ1v) is 5.59. The second-order valence-electron chi connectivity index (χ2n) is 4.56. The van der Waals surface area contributed by atoms with Gasteiger partial charge >= 0.3 is 0 Å². The zero-order chi connectivity index (χ0) is 12.7. The second-order valence-corrected chi connectivity index (χ2v) is 4.56. The van der Waals surface area contributed by atoms with Gasteiger partial charge in [-0.25, -0.2) is 0 Å². The molecule has 17 heavy (non-hydrogen) atoms. The molecule has 2 heterocycles. The average molecular weight is 231 g/mol. The van der Waals surface area contributed by atoms with Crippen LogP contribution in [0.2, 0.25) is 0 Å². The standard InChI is InChI=1S/C13H17N3O/c1-8-6-9(2)13(17)16(5)12(8)11-10(3)7-15(4)14-11/h6-7H,1-5H3. The van der Waals surface area contributed by atoms with Gasteiger partial charge in [-0.3, -0.25) is 9.48 Å². The van der Waals surface area contributed by atoms with Gasteiger partial charge in [0.25, 0.3) is 5.56 Å². The van der Waals surface area contributed by atoms with Crippen LogP contribution in [0.4, 0.5) is 0 Å². The van der Waals surface area contributed by atoms with Gasteiger partial charge in [-0.05, 0) is 38.0 Å². The van der Waals surface area contributed by atoms with Crippen LogP contribution in [0.15, 0.2) is 17.1 Å². The summed E-state index contributed by atoms with van der Waals surface area (Å²) < 4.78 is 3.45. The summed E-state index contributed by atoms with van der Waals surface area (Å²) >= 11 is 0. The highest BCUT2D eigenvalue weighted by atomic mass is 16.1. The van der Waals surface area contributed by atoms with E-state index < -0.39 is 0 Å². The van der Waals surface area contributed by atoms with Gasteiger partial charge in [0.1, 0.15) is 5.69 Å². The summed E-state index contributed by atoms with van der Waals surface area (Å²) in [5.74, 6) is 0. The molecule has 0 bridgehead atoms. The first-order chi connectivity index (χ1) is 7.91. The Morgan fingerprint density at radius 1 is 1.06 bits per heavy atom. The van der Waals surface area contributed by atoms with E-state index in [2.05, 4.69) is 5.10 Å². The molecule has 0 amide bonds. The smallest absolute Gasteiger partial charge is 0.253 e. The summed E-state index contributed by atoms with van der Waals surface area (Å²) in [4.78, 5) is 12.0. The van der Waals surface area contributed by atoms with E-state index >= 15 is 0 Å². The van der Waals surface area contributed by atoms with Crippen LogP contribution in [0.5, 0.6) is 0 Å². The maximum Gasteiger partial charge on any atom is 0.253 e. The molecule has 0 radical (unpaired) electrons. The molecule has 0 aliphatic heterocycles.